The highest BCUT2D eigenvalue weighted by atomic mass is 35.5. The molecule has 0 saturated heterocycles. The number of quaternary nitrogens is 1. The number of halogens is 1. The van der Waals surface area contributed by atoms with Gasteiger partial charge in [0.2, 0.25) is 5.82 Å². The normalized spacial score (nSPS) is 10.9. The van der Waals surface area contributed by atoms with E-state index in [1.807, 2.05) is 0 Å². The molecule has 0 amide bonds. The van der Waals surface area contributed by atoms with Gasteiger partial charge in [-0.2, -0.15) is 4.98 Å². The van der Waals surface area contributed by atoms with Crippen LogP contribution in [0.15, 0.2) is 122 Å². The molecule has 0 radical (unpaired) electrons. The van der Waals surface area contributed by atoms with Gasteiger partial charge in [0, 0.05) is 35.7 Å². The molecule has 6 rings (SSSR count). The van der Waals surface area contributed by atoms with E-state index >= 15 is 0 Å². The lowest BCUT2D eigenvalue weighted by atomic mass is 10.0. The van der Waals surface area contributed by atoms with Crippen LogP contribution in [0.2, 0.25) is 0 Å². The zero-order valence-corrected chi connectivity index (χ0v) is 32.9. The summed E-state index contributed by atoms with van der Waals surface area (Å²) >= 11 is 0. The van der Waals surface area contributed by atoms with Crippen LogP contribution in [0.5, 0.6) is 0 Å². The SMILES string of the molecule is CC(C)c1ccc(Nc2nccnc2Nc2ccc(C(C)C)cc2)cc1.CC(C)c1ccc(Nc2nccnc2[NH2+]c2ccc(C(C)C)cc2)cc1.[Cl-]. The summed E-state index contributed by atoms with van der Waals surface area (Å²) < 4.78 is 0. The van der Waals surface area contributed by atoms with Gasteiger partial charge in [-0.3, -0.25) is 5.32 Å². The molecule has 0 spiro atoms. The fraction of sp³-hybridized carbons (Fsp3) is 0.273. The lowest BCUT2D eigenvalue weighted by Gasteiger charge is -2.13. The van der Waals surface area contributed by atoms with Crippen molar-refractivity contribution >= 4 is 46.0 Å². The molecule has 276 valence electrons. The number of anilines is 6. The first-order chi connectivity index (χ1) is 25.0. The smallest absolute Gasteiger partial charge is 0.273 e. The van der Waals surface area contributed by atoms with Gasteiger partial charge in [-0.05, 0) is 94.5 Å². The van der Waals surface area contributed by atoms with Gasteiger partial charge in [0.05, 0.1) is 6.20 Å². The molecule has 0 aliphatic rings. The van der Waals surface area contributed by atoms with Crippen LogP contribution in [-0.2, 0) is 0 Å². The molecular formula is C44H53ClN8. The second kappa shape index (κ2) is 19.5. The maximum atomic E-state index is 4.49. The Hall–Kier alpha value is -5.31. The Morgan fingerprint density at radius 3 is 1.00 bits per heavy atom. The molecule has 5 N–H and O–H groups in total. The Kier molecular flexibility index (Phi) is 14.9. The number of aromatic nitrogens is 4. The minimum atomic E-state index is 0. The quantitative estimate of drug-likeness (QED) is 0.0942. The van der Waals surface area contributed by atoms with Crippen LogP contribution in [-0.4, -0.2) is 19.9 Å². The van der Waals surface area contributed by atoms with Crippen molar-refractivity contribution in [3.8, 4) is 0 Å². The van der Waals surface area contributed by atoms with Crippen LogP contribution in [0.3, 0.4) is 0 Å². The third-order valence-electron chi connectivity index (χ3n) is 8.85. The fourth-order valence-corrected chi connectivity index (χ4v) is 5.47. The van der Waals surface area contributed by atoms with E-state index in [2.05, 4.69) is 194 Å². The predicted octanol–water partition coefficient (Wildman–Crippen LogP) is 8.21. The Balaban J connectivity index is 0.000000232. The molecule has 53 heavy (non-hydrogen) atoms. The molecule has 9 heteroatoms. The van der Waals surface area contributed by atoms with Gasteiger partial charge in [-0.25, -0.2) is 15.0 Å². The van der Waals surface area contributed by atoms with E-state index in [4.69, 9.17) is 0 Å². The van der Waals surface area contributed by atoms with E-state index in [0.29, 0.717) is 35.3 Å². The molecule has 0 saturated carbocycles. The van der Waals surface area contributed by atoms with Crippen LogP contribution >= 0.6 is 0 Å². The highest BCUT2D eigenvalue weighted by molar-refractivity contribution is 5.72. The van der Waals surface area contributed by atoms with Gasteiger partial charge < -0.3 is 28.4 Å². The van der Waals surface area contributed by atoms with E-state index in [9.17, 15) is 0 Å². The zero-order chi connectivity index (χ0) is 37.0. The van der Waals surface area contributed by atoms with Gasteiger partial charge in [0.1, 0.15) is 5.69 Å². The third kappa shape index (κ3) is 11.9. The standard InChI is InChI=1S/2C22H26N4.ClH/c2*1-15(2)17-5-9-19(10-6-17)25-21-22(24-14-13-23-21)26-20-11-7-18(8-12-20)16(3)4;/h2*5-16H,1-4H3,(H,23,25)(H,24,26);1H. The Morgan fingerprint density at radius 2 is 0.660 bits per heavy atom. The number of nitrogens with zero attached hydrogens (tertiary/aromatic N) is 4. The van der Waals surface area contributed by atoms with Crippen LogP contribution in [0.25, 0.3) is 0 Å². The minimum absolute atomic E-state index is 0. The maximum absolute atomic E-state index is 4.49. The van der Waals surface area contributed by atoms with Crippen LogP contribution < -0.4 is 33.7 Å². The van der Waals surface area contributed by atoms with Crippen molar-refractivity contribution in [2.75, 3.05) is 16.0 Å². The molecule has 0 unspecified atom stereocenters. The maximum Gasteiger partial charge on any atom is 0.273 e. The monoisotopic (exact) mass is 728 g/mol. The largest absolute Gasteiger partial charge is 1.00 e. The molecule has 0 bridgehead atoms. The molecule has 6 aromatic rings. The highest BCUT2D eigenvalue weighted by Crippen LogP contribution is 2.27. The summed E-state index contributed by atoms with van der Waals surface area (Å²) in [4.78, 5) is 17.8. The number of nitrogens with one attached hydrogen (secondary N) is 3. The van der Waals surface area contributed by atoms with Crippen molar-refractivity contribution in [2.24, 2.45) is 0 Å². The molecular weight excluding hydrogens is 676 g/mol. The second-order valence-corrected chi connectivity index (χ2v) is 14.2. The van der Waals surface area contributed by atoms with E-state index in [1.165, 1.54) is 22.3 Å². The van der Waals surface area contributed by atoms with Gasteiger partial charge in [-0.15, -0.1) is 0 Å². The van der Waals surface area contributed by atoms with E-state index in [1.54, 1.807) is 24.8 Å². The summed E-state index contributed by atoms with van der Waals surface area (Å²) in [6.45, 7) is 17.6. The van der Waals surface area contributed by atoms with Crippen molar-refractivity contribution in [2.45, 2.75) is 79.1 Å². The average Bonchev–Trinajstić information content (AvgIpc) is 3.14. The Labute approximate surface area is 321 Å². The third-order valence-corrected chi connectivity index (χ3v) is 8.85. The summed E-state index contributed by atoms with van der Waals surface area (Å²) in [5.41, 5.74) is 9.42. The van der Waals surface area contributed by atoms with E-state index in [-0.39, 0.29) is 12.4 Å². The summed E-state index contributed by atoms with van der Waals surface area (Å²) in [7, 11) is 0. The molecule has 0 atom stereocenters. The van der Waals surface area contributed by atoms with Crippen molar-refractivity contribution in [3.63, 3.8) is 0 Å². The summed E-state index contributed by atoms with van der Waals surface area (Å²) in [6, 6.07) is 33.9. The van der Waals surface area contributed by atoms with E-state index < -0.39 is 0 Å². The molecule has 4 aromatic carbocycles. The summed E-state index contributed by atoms with van der Waals surface area (Å²) in [6.07, 6.45) is 6.82. The number of hydrogen-bond donors (Lipinski definition) is 4. The lowest BCUT2D eigenvalue weighted by molar-refractivity contribution is -0.482. The van der Waals surface area contributed by atoms with Crippen LogP contribution in [0.1, 0.15) is 101 Å². The van der Waals surface area contributed by atoms with Crippen molar-refractivity contribution in [1.29, 1.82) is 0 Å². The molecule has 2 heterocycles. The zero-order valence-electron chi connectivity index (χ0n) is 32.1. The first-order valence-corrected chi connectivity index (χ1v) is 18.2. The van der Waals surface area contributed by atoms with Crippen molar-refractivity contribution < 1.29 is 17.7 Å². The minimum Gasteiger partial charge on any atom is -1.00 e. The van der Waals surface area contributed by atoms with Crippen LogP contribution in [0, 0.1) is 0 Å². The summed E-state index contributed by atoms with van der Waals surface area (Å²) in [5.74, 6) is 5.11. The molecule has 8 nitrogen and oxygen atoms in total. The van der Waals surface area contributed by atoms with Gasteiger partial charge in [-0.1, -0.05) is 104 Å². The lowest BCUT2D eigenvalue weighted by Crippen LogP contribution is -3.00. The summed E-state index contributed by atoms with van der Waals surface area (Å²) in [5, 5.41) is 12.1. The topological polar surface area (TPSA) is 104 Å². The van der Waals surface area contributed by atoms with Gasteiger partial charge in [0.25, 0.3) is 5.82 Å². The number of rotatable bonds is 12. The Morgan fingerprint density at radius 1 is 0.377 bits per heavy atom. The number of nitrogens with two attached hydrogens (primary N) is 1. The molecule has 0 fully saturated rings. The van der Waals surface area contributed by atoms with Crippen LogP contribution in [0.4, 0.5) is 46.0 Å². The van der Waals surface area contributed by atoms with Crippen molar-refractivity contribution in [3.05, 3.63) is 144 Å². The highest BCUT2D eigenvalue weighted by Gasteiger charge is 2.12. The fourth-order valence-electron chi connectivity index (χ4n) is 5.47. The first-order valence-electron chi connectivity index (χ1n) is 18.2. The number of benzene rings is 4. The predicted molar refractivity (Wildman–Crippen MR) is 217 cm³/mol. The van der Waals surface area contributed by atoms with Gasteiger partial charge >= 0.3 is 0 Å². The average molecular weight is 729 g/mol. The first kappa shape index (κ1) is 40.5. The molecule has 2 aromatic heterocycles. The number of hydrogen-bond acceptors (Lipinski definition) is 7. The Bertz CT molecular complexity index is 1680. The van der Waals surface area contributed by atoms with E-state index in [0.717, 1.165) is 34.4 Å². The van der Waals surface area contributed by atoms with Gasteiger partial charge in [0.15, 0.2) is 11.6 Å². The molecule has 0 aliphatic heterocycles. The molecule has 0 aliphatic carbocycles. The second-order valence-electron chi connectivity index (χ2n) is 14.2. The van der Waals surface area contributed by atoms with Crippen molar-refractivity contribution in [1.82, 2.24) is 19.9 Å².